The lowest BCUT2D eigenvalue weighted by atomic mass is 10.1. The highest BCUT2D eigenvalue weighted by atomic mass is 32.2. The Morgan fingerprint density at radius 2 is 1.85 bits per heavy atom. The molecule has 0 fully saturated rings. The highest BCUT2D eigenvalue weighted by molar-refractivity contribution is 7.87. The predicted molar refractivity (Wildman–Crippen MR) is 103 cm³/mol. The van der Waals surface area contributed by atoms with Crippen LogP contribution in [0.4, 0.5) is 4.39 Å². The first kappa shape index (κ1) is 20.9. The van der Waals surface area contributed by atoms with Crippen molar-refractivity contribution in [3.63, 3.8) is 0 Å². The molecular weight excluding hydrogens is 369 g/mol. The Morgan fingerprint density at radius 1 is 1.15 bits per heavy atom. The van der Waals surface area contributed by atoms with Crippen LogP contribution in [0, 0.1) is 5.82 Å². The third-order valence-electron chi connectivity index (χ3n) is 4.28. The molecule has 0 radical (unpaired) electrons. The summed E-state index contributed by atoms with van der Waals surface area (Å²) in [4.78, 5) is 14.5. The van der Waals surface area contributed by atoms with Gasteiger partial charge in [-0.2, -0.15) is 8.42 Å². The van der Waals surface area contributed by atoms with Gasteiger partial charge in [-0.3, -0.25) is 4.79 Å². The fraction of sp³-hybridized carbons (Fsp3) is 0.350. The van der Waals surface area contributed by atoms with Crippen LogP contribution in [0.15, 0.2) is 48.5 Å². The quantitative estimate of drug-likeness (QED) is 0.636. The molecule has 5 nitrogen and oxygen atoms in total. The molecular formula is C20H24FNO4S. The summed E-state index contributed by atoms with van der Waals surface area (Å²) in [5.41, 5.74) is 1.00. The third-order valence-corrected chi connectivity index (χ3v) is 5.44. The summed E-state index contributed by atoms with van der Waals surface area (Å²) in [7, 11) is -3.63. The zero-order chi connectivity index (χ0) is 20.0. The molecule has 0 aromatic heterocycles. The second-order valence-corrected chi connectivity index (χ2v) is 8.14. The molecule has 1 atom stereocenters. The van der Waals surface area contributed by atoms with Crippen LogP contribution in [0.2, 0.25) is 0 Å². The molecule has 146 valence electrons. The molecule has 2 aromatic carbocycles. The minimum Gasteiger partial charge on any atom is -0.382 e. The smallest absolute Gasteiger partial charge is 0.308 e. The van der Waals surface area contributed by atoms with E-state index in [0.717, 1.165) is 12.0 Å². The molecule has 0 saturated carbocycles. The summed E-state index contributed by atoms with van der Waals surface area (Å²) in [5, 5.41) is 0. The van der Waals surface area contributed by atoms with E-state index in [1.807, 2.05) is 13.8 Å². The SMILES string of the molecule is CC[C@H](C)N(Cc1cccc(OS(=O)(=O)CC)c1)C(=O)c1cccc(F)c1. The number of hydrogen-bond donors (Lipinski definition) is 0. The second kappa shape index (κ2) is 8.99. The number of halogens is 1. The molecule has 1 amide bonds. The van der Waals surface area contributed by atoms with E-state index in [2.05, 4.69) is 0 Å². The summed E-state index contributed by atoms with van der Waals surface area (Å²) >= 11 is 0. The number of rotatable bonds is 8. The van der Waals surface area contributed by atoms with E-state index < -0.39 is 15.9 Å². The average molecular weight is 393 g/mol. The van der Waals surface area contributed by atoms with Gasteiger partial charge in [-0.1, -0.05) is 25.1 Å². The summed E-state index contributed by atoms with van der Waals surface area (Å²) in [6.45, 7) is 5.64. The standard InChI is InChI=1S/C20H24FNO4S/c1-4-15(3)22(20(23)17-9-7-10-18(21)13-17)14-16-8-6-11-19(12-16)26-27(24,25)5-2/h6-13,15H,4-5,14H2,1-3H3/t15-/m0/s1. The molecule has 27 heavy (non-hydrogen) atoms. The van der Waals surface area contributed by atoms with Gasteiger partial charge in [0.15, 0.2) is 0 Å². The van der Waals surface area contributed by atoms with Crippen molar-refractivity contribution >= 4 is 16.0 Å². The molecule has 0 saturated heterocycles. The first-order valence-corrected chi connectivity index (χ1v) is 10.4. The lowest BCUT2D eigenvalue weighted by Crippen LogP contribution is -2.37. The van der Waals surface area contributed by atoms with Gasteiger partial charge in [-0.05, 0) is 56.2 Å². The zero-order valence-corrected chi connectivity index (χ0v) is 16.5. The van der Waals surface area contributed by atoms with Crippen LogP contribution < -0.4 is 4.18 Å². The van der Waals surface area contributed by atoms with E-state index in [1.165, 1.54) is 25.1 Å². The molecule has 0 bridgehead atoms. The van der Waals surface area contributed by atoms with Gasteiger partial charge in [0.2, 0.25) is 0 Å². The lowest BCUT2D eigenvalue weighted by Gasteiger charge is -2.29. The summed E-state index contributed by atoms with van der Waals surface area (Å²) in [5.74, 6) is -0.674. The van der Waals surface area contributed by atoms with Crippen LogP contribution in [0.25, 0.3) is 0 Å². The van der Waals surface area contributed by atoms with Crippen molar-refractivity contribution in [3.05, 3.63) is 65.5 Å². The minimum atomic E-state index is -3.63. The number of nitrogens with zero attached hydrogens (tertiary/aromatic N) is 1. The monoisotopic (exact) mass is 393 g/mol. The van der Waals surface area contributed by atoms with E-state index in [9.17, 15) is 17.6 Å². The van der Waals surface area contributed by atoms with E-state index >= 15 is 0 Å². The minimum absolute atomic E-state index is 0.0790. The van der Waals surface area contributed by atoms with E-state index in [1.54, 1.807) is 35.2 Å². The Bertz CT molecular complexity index is 898. The van der Waals surface area contributed by atoms with Crippen LogP contribution in [0.3, 0.4) is 0 Å². The summed E-state index contributed by atoms with van der Waals surface area (Å²) in [6.07, 6.45) is 0.724. The van der Waals surface area contributed by atoms with Crippen molar-refractivity contribution in [1.29, 1.82) is 0 Å². The summed E-state index contributed by atoms with van der Waals surface area (Å²) in [6, 6.07) is 12.1. The number of carbonyl (C=O) groups excluding carboxylic acids is 1. The van der Waals surface area contributed by atoms with Crippen molar-refractivity contribution in [1.82, 2.24) is 4.90 Å². The Kier molecular flexibility index (Phi) is 6.96. The maximum absolute atomic E-state index is 13.5. The van der Waals surface area contributed by atoms with Crippen molar-refractivity contribution in [2.24, 2.45) is 0 Å². The van der Waals surface area contributed by atoms with Gasteiger partial charge in [-0.25, -0.2) is 4.39 Å². The first-order chi connectivity index (χ1) is 12.8. The van der Waals surface area contributed by atoms with Gasteiger partial charge in [0, 0.05) is 18.2 Å². The number of benzene rings is 2. The predicted octanol–water partition coefficient (Wildman–Crippen LogP) is 4.00. The largest absolute Gasteiger partial charge is 0.382 e. The topological polar surface area (TPSA) is 63.7 Å². The Hall–Kier alpha value is -2.41. The Morgan fingerprint density at radius 3 is 2.48 bits per heavy atom. The van der Waals surface area contributed by atoms with Gasteiger partial charge in [0.1, 0.15) is 11.6 Å². The number of hydrogen-bond acceptors (Lipinski definition) is 4. The fourth-order valence-corrected chi connectivity index (χ4v) is 3.05. The molecule has 0 N–H and O–H groups in total. The maximum Gasteiger partial charge on any atom is 0.308 e. The van der Waals surface area contributed by atoms with Crippen molar-refractivity contribution < 1.29 is 21.8 Å². The molecule has 0 heterocycles. The molecule has 0 aliphatic heterocycles. The van der Waals surface area contributed by atoms with Crippen LogP contribution in [0.1, 0.15) is 43.1 Å². The molecule has 2 rings (SSSR count). The van der Waals surface area contributed by atoms with Crippen molar-refractivity contribution in [2.45, 2.75) is 39.8 Å². The Balaban J connectivity index is 2.28. The van der Waals surface area contributed by atoms with E-state index in [0.29, 0.717) is 0 Å². The zero-order valence-electron chi connectivity index (χ0n) is 15.7. The third kappa shape index (κ3) is 5.79. The molecule has 0 unspecified atom stereocenters. The normalized spacial score (nSPS) is 12.4. The van der Waals surface area contributed by atoms with Crippen LogP contribution >= 0.6 is 0 Å². The van der Waals surface area contributed by atoms with Crippen molar-refractivity contribution in [3.8, 4) is 5.75 Å². The molecule has 0 spiro atoms. The van der Waals surface area contributed by atoms with Gasteiger partial charge in [-0.15, -0.1) is 0 Å². The van der Waals surface area contributed by atoms with Gasteiger partial charge in [0.05, 0.1) is 5.75 Å². The maximum atomic E-state index is 13.5. The molecule has 0 aliphatic carbocycles. The van der Waals surface area contributed by atoms with Crippen LogP contribution in [0.5, 0.6) is 5.75 Å². The number of amides is 1. The lowest BCUT2D eigenvalue weighted by molar-refractivity contribution is 0.0671. The number of carbonyl (C=O) groups is 1. The van der Waals surface area contributed by atoms with Crippen LogP contribution in [-0.2, 0) is 16.7 Å². The molecule has 0 aliphatic rings. The fourth-order valence-electron chi connectivity index (χ4n) is 2.53. The molecule has 7 heteroatoms. The van der Waals surface area contributed by atoms with Crippen molar-refractivity contribution in [2.75, 3.05) is 5.75 Å². The average Bonchev–Trinajstić information content (AvgIpc) is 2.65. The summed E-state index contributed by atoms with van der Waals surface area (Å²) < 4.78 is 41.9. The Labute approximate surface area is 159 Å². The highest BCUT2D eigenvalue weighted by Gasteiger charge is 2.21. The van der Waals surface area contributed by atoms with Crippen LogP contribution in [-0.4, -0.2) is 31.0 Å². The molecule has 2 aromatic rings. The van der Waals surface area contributed by atoms with Gasteiger partial charge >= 0.3 is 10.1 Å². The van der Waals surface area contributed by atoms with Gasteiger partial charge in [0.25, 0.3) is 5.91 Å². The second-order valence-electron chi connectivity index (χ2n) is 6.28. The van der Waals surface area contributed by atoms with Gasteiger partial charge < -0.3 is 9.08 Å². The first-order valence-electron chi connectivity index (χ1n) is 8.83. The van der Waals surface area contributed by atoms with E-state index in [-0.39, 0.29) is 35.6 Å². The highest BCUT2D eigenvalue weighted by Crippen LogP contribution is 2.20. The van der Waals surface area contributed by atoms with E-state index in [4.69, 9.17) is 4.18 Å².